The molecule has 0 bridgehead atoms. The molecule has 1 saturated carbocycles. The summed E-state index contributed by atoms with van der Waals surface area (Å²) in [5, 5.41) is 6.83. The molecule has 1 saturated heterocycles. The SMILES string of the molecule is CCNC(=NCC1CC1)NCC1CN(C)CCN1C. The largest absolute Gasteiger partial charge is 0.357 e. The molecule has 110 valence electrons. The molecule has 1 aliphatic heterocycles. The Kier molecular flexibility index (Phi) is 5.45. The summed E-state index contributed by atoms with van der Waals surface area (Å²) in [6.45, 7) is 8.45. The number of rotatable bonds is 5. The van der Waals surface area contributed by atoms with E-state index in [2.05, 4.69) is 46.4 Å². The van der Waals surface area contributed by atoms with E-state index >= 15 is 0 Å². The van der Waals surface area contributed by atoms with Crippen molar-refractivity contribution in [3.05, 3.63) is 0 Å². The van der Waals surface area contributed by atoms with Crippen molar-refractivity contribution in [2.24, 2.45) is 10.9 Å². The second-order valence-electron chi connectivity index (χ2n) is 5.94. The first-order valence-electron chi connectivity index (χ1n) is 7.60. The second kappa shape index (κ2) is 7.10. The maximum Gasteiger partial charge on any atom is 0.191 e. The molecule has 5 nitrogen and oxygen atoms in total. The molecule has 1 aliphatic carbocycles. The molecular formula is C14H29N5. The lowest BCUT2D eigenvalue weighted by Crippen LogP contribution is -2.55. The zero-order valence-corrected chi connectivity index (χ0v) is 12.7. The van der Waals surface area contributed by atoms with Gasteiger partial charge in [0.15, 0.2) is 5.96 Å². The third-order valence-electron chi connectivity index (χ3n) is 4.03. The molecular weight excluding hydrogens is 238 g/mol. The first kappa shape index (κ1) is 14.6. The predicted molar refractivity (Wildman–Crippen MR) is 80.6 cm³/mol. The number of guanidine groups is 1. The van der Waals surface area contributed by atoms with E-state index in [0.717, 1.165) is 44.6 Å². The van der Waals surface area contributed by atoms with Crippen LogP contribution in [0, 0.1) is 5.92 Å². The molecule has 2 rings (SSSR count). The van der Waals surface area contributed by atoms with Crippen LogP contribution in [0.15, 0.2) is 4.99 Å². The maximum atomic E-state index is 4.67. The third-order valence-corrected chi connectivity index (χ3v) is 4.03. The van der Waals surface area contributed by atoms with Crippen molar-refractivity contribution < 1.29 is 0 Å². The van der Waals surface area contributed by atoms with Crippen molar-refractivity contribution in [2.45, 2.75) is 25.8 Å². The summed E-state index contributed by atoms with van der Waals surface area (Å²) in [6, 6.07) is 0.573. The highest BCUT2D eigenvalue weighted by atomic mass is 15.3. The Bertz CT molecular complexity index is 300. The lowest BCUT2D eigenvalue weighted by molar-refractivity contribution is 0.116. The Balaban J connectivity index is 1.77. The van der Waals surface area contributed by atoms with Crippen molar-refractivity contribution in [1.29, 1.82) is 0 Å². The third kappa shape index (κ3) is 4.99. The van der Waals surface area contributed by atoms with E-state index in [1.807, 2.05) is 0 Å². The number of likely N-dealkylation sites (N-methyl/N-ethyl adjacent to an activating group) is 2. The fourth-order valence-corrected chi connectivity index (χ4v) is 2.40. The minimum Gasteiger partial charge on any atom is -0.357 e. The van der Waals surface area contributed by atoms with Crippen LogP contribution in [0.5, 0.6) is 0 Å². The zero-order chi connectivity index (χ0) is 13.7. The van der Waals surface area contributed by atoms with Gasteiger partial charge in [-0.3, -0.25) is 9.89 Å². The molecule has 2 fully saturated rings. The van der Waals surface area contributed by atoms with Crippen molar-refractivity contribution in [3.63, 3.8) is 0 Å². The molecule has 5 heteroatoms. The molecule has 19 heavy (non-hydrogen) atoms. The van der Waals surface area contributed by atoms with Gasteiger partial charge >= 0.3 is 0 Å². The van der Waals surface area contributed by atoms with Gasteiger partial charge in [0.25, 0.3) is 0 Å². The van der Waals surface area contributed by atoms with Crippen LogP contribution < -0.4 is 10.6 Å². The summed E-state index contributed by atoms with van der Waals surface area (Å²) >= 11 is 0. The Morgan fingerprint density at radius 2 is 2.00 bits per heavy atom. The summed E-state index contributed by atoms with van der Waals surface area (Å²) in [5.41, 5.74) is 0. The number of nitrogens with one attached hydrogen (secondary N) is 2. The second-order valence-corrected chi connectivity index (χ2v) is 5.94. The standard InChI is InChI=1S/C14H29N5/c1-4-15-14(16-9-12-5-6-12)17-10-13-11-18(2)7-8-19(13)3/h12-13H,4-11H2,1-3H3,(H2,15,16,17). The van der Waals surface area contributed by atoms with Crippen molar-refractivity contribution >= 4 is 5.96 Å². The first-order valence-corrected chi connectivity index (χ1v) is 7.60. The van der Waals surface area contributed by atoms with Crippen LogP contribution in [0.2, 0.25) is 0 Å². The zero-order valence-electron chi connectivity index (χ0n) is 12.7. The van der Waals surface area contributed by atoms with Gasteiger partial charge in [-0.2, -0.15) is 0 Å². The number of piperazine rings is 1. The van der Waals surface area contributed by atoms with Crippen molar-refractivity contribution in [2.75, 3.05) is 53.4 Å². The van der Waals surface area contributed by atoms with Crippen LogP contribution in [0.3, 0.4) is 0 Å². The van der Waals surface area contributed by atoms with Gasteiger partial charge in [0.2, 0.25) is 0 Å². The summed E-state index contributed by atoms with van der Waals surface area (Å²) in [7, 11) is 4.42. The van der Waals surface area contributed by atoms with Gasteiger partial charge in [-0.05, 0) is 39.8 Å². The Hall–Kier alpha value is -0.810. The highest BCUT2D eigenvalue weighted by Gasteiger charge is 2.23. The average molecular weight is 267 g/mol. The van der Waals surface area contributed by atoms with Crippen LogP contribution in [-0.2, 0) is 0 Å². The fraction of sp³-hybridized carbons (Fsp3) is 0.929. The molecule has 1 heterocycles. The van der Waals surface area contributed by atoms with Gasteiger partial charge in [0.05, 0.1) is 0 Å². The quantitative estimate of drug-likeness (QED) is 0.551. The van der Waals surface area contributed by atoms with Gasteiger partial charge < -0.3 is 15.5 Å². The van der Waals surface area contributed by atoms with E-state index in [1.165, 1.54) is 19.4 Å². The molecule has 0 spiro atoms. The Morgan fingerprint density at radius 3 is 2.68 bits per heavy atom. The number of hydrogen-bond donors (Lipinski definition) is 2. The number of hydrogen-bond acceptors (Lipinski definition) is 3. The summed E-state index contributed by atoms with van der Waals surface area (Å²) in [5.74, 6) is 1.83. The maximum absolute atomic E-state index is 4.67. The molecule has 1 unspecified atom stereocenters. The molecule has 0 amide bonds. The fourth-order valence-electron chi connectivity index (χ4n) is 2.40. The topological polar surface area (TPSA) is 42.9 Å². The summed E-state index contributed by atoms with van der Waals surface area (Å²) in [6.07, 6.45) is 2.72. The Labute approximate surface area is 117 Å². The van der Waals surface area contributed by atoms with Crippen molar-refractivity contribution in [3.8, 4) is 0 Å². The molecule has 1 atom stereocenters. The average Bonchev–Trinajstić information content (AvgIpc) is 3.20. The van der Waals surface area contributed by atoms with Crippen LogP contribution in [0.4, 0.5) is 0 Å². The van der Waals surface area contributed by atoms with Gasteiger partial charge in [0, 0.05) is 45.3 Å². The van der Waals surface area contributed by atoms with Gasteiger partial charge in [-0.25, -0.2) is 0 Å². The van der Waals surface area contributed by atoms with Gasteiger partial charge in [-0.15, -0.1) is 0 Å². The monoisotopic (exact) mass is 267 g/mol. The van der Waals surface area contributed by atoms with E-state index < -0.39 is 0 Å². The minimum absolute atomic E-state index is 0.573. The highest BCUT2D eigenvalue weighted by molar-refractivity contribution is 5.79. The molecule has 2 aliphatic rings. The van der Waals surface area contributed by atoms with E-state index in [4.69, 9.17) is 0 Å². The smallest absolute Gasteiger partial charge is 0.191 e. The van der Waals surface area contributed by atoms with Crippen LogP contribution in [0.1, 0.15) is 19.8 Å². The van der Waals surface area contributed by atoms with E-state index in [1.54, 1.807) is 0 Å². The van der Waals surface area contributed by atoms with Crippen LogP contribution in [-0.4, -0.2) is 75.2 Å². The van der Waals surface area contributed by atoms with Gasteiger partial charge in [-0.1, -0.05) is 0 Å². The molecule has 0 aromatic rings. The number of nitrogens with zero attached hydrogens (tertiary/aromatic N) is 3. The lowest BCUT2D eigenvalue weighted by atomic mass is 10.2. The normalized spacial score (nSPS) is 26.5. The Morgan fingerprint density at radius 1 is 1.21 bits per heavy atom. The first-order chi connectivity index (χ1) is 9.19. The van der Waals surface area contributed by atoms with Crippen molar-refractivity contribution in [1.82, 2.24) is 20.4 Å². The minimum atomic E-state index is 0.573. The summed E-state index contributed by atoms with van der Waals surface area (Å²) in [4.78, 5) is 9.51. The van der Waals surface area contributed by atoms with E-state index in [9.17, 15) is 0 Å². The predicted octanol–water partition coefficient (Wildman–Crippen LogP) is 0.197. The molecule has 2 N–H and O–H groups in total. The highest BCUT2D eigenvalue weighted by Crippen LogP contribution is 2.28. The van der Waals surface area contributed by atoms with Gasteiger partial charge in [0.1, 0.15) is 0 Å². The molecule has 0 aromatic heterocycles. The van der Waals surface area contributed by atoms with E-state index in [-0.39, 0.29) is 0 Å². The molecule has 0 aromatic carbocycles. The summed E-state index contributed by atoms with van der Waals surface area (Å²) < 4.78 is 0. The van der Waals surface area contributed by atoms with Crippen LogP contribution in [0.25, 0.3) is 0 Å². The lowest BCUT2D eigenvalue weighted by Gasteiger charge is -2.37. The van der Waals surface area contributed by atoms with E-state index in [0.29, 0.717) is 6.04 Å². The van der Waals surface area contributed by atoms with Crippen LogP contribution >= 0.6 is 0 Å². The number of aliphatic imine (C=N–C) groups is 1. The molecule has 0 radical (unpaired) electrons.